The van der Waals surface area contributed by atoms with E-state index in [2.05, 4.69) is 49.0 Å². The molecule has 0 radical (unpaired) electrons. The predicted octanol–water partition coefficient (Wildman–Crippen LogP) is -1.14. The second-order valence-corrected chi connectivity index (χ2v) is 14.3. The van der Waals surface area contributed by atoms with Crippen LogP contribution in [0.1, 0.15) is 0 Å². The van der Waals surface area contributed by atoms with Gasteiger partial charge < -0.3 is 24.8 Å². The molecule has 20 heavy (non-hydrogen) atoms. The summed E-state index contributed by atoms with van der Waals surface area (Å²) in [5, 5.41) is 2.66. The molecule has 3 aromatic rings. The Balaban J connectivity index is 0. The standard InChI is InChI=1S/C9H7.C5H5.CH3ClSi.2ClH.Zr/c1-2-5-9-7-3-6-8(9)4-1;1-2-4-5-3-1;1-3-2;;;/h1-7H;1-5H;1H3;2*1H;/q2*-1;;;;+2/p-2. The molecule has 0 unspecified atom stereocenters. The molecule has 0 aliphatic rings. The van der Waals surface area contributed by atoms with E-state index < -0.39 is 0 Å². The van der Waals surface area contributed by atoms with Gasteiger partial charge in [-0.15, -0.1) is 29.7 Å². The van der Waals surface area contributed by atoms with Crippen LogP contribution in [0.4, 0.5) is 0 Å². The van der Waals surface area contributed by atoms with Crippen molar-refractivity contribution in [3.8, 4) is 0 Å². The van der Waals surface area contributed by atoms with E-state index in [1.165, 1.54) is 34.1 Å². The van der Waals surface area contributed by atoms with Crippen molar-refractivity contribution in [3.05, 3.63) is 72.8 Å². The summed E-state index contributed by atoms with van der Waals surface area (Å²) >= 11 is 6.92. The Morgan fingerprint density at radius 2 is 1.50 bits per heavy atom. The molecule has 0 heterocycles. The van der Waals surface area contributed by atoms with Gasteiger partial charge in [0, 0.05) is 0 Å². The summed E-state index contributed by atoms with van der Waals surface area (Å²) in [6.07, 6.45) is 0. The van der Waals surface area contributed by atoms with Crippen molar-refractivity contribution < 1.29 is 48.1 Å². The van der Waals surface area contributed by atoms with Crippen LogP contribution in [0.2, 0.25) is 6.55 Å². The number of hydrogen-bond acceptors (Lipinski definition) is 0. The molecule has 0 aromatic heterocycles. The topological polar surface area (TPSA) is 0 Å². The molecule has 0 nitrogen and oxygen atoms in total. The molecule has 106 valence electrons. The molecule has 5 heteroatoms. The van der Waals surface area contributed by atoms with Gasteiger partial charge in [-0.25, -0.2) is 12.1 Å². The maximum absolute atomic E-state index is 5.42. The molecule has 0 N–H and O–H groups in total. The minimum atomic E-state index is -0.317. The van der Waals surface area contributed by atoms with Crippen molar-refractivity contribution in [2.45, 2.75) is 6.55 Å². The first-order valence-electron chi connectivity index (χ1n) is 5.68. The van der Waals surface area contributed by atoms with Gasteiger partial charge in [0.2, 0.25) is 0 Å². The molecule has 3 aromatic carbocycles. The first-order chi connectivity index (χ1) is 8.70. The van der Waals surface area contributed by atoms with E-state index in [9.17, 15) is 0 Å². The fourth-order valence-electron chi connectivity index (χ4n) is 1.39. The zero-order chi connectivity index (χ0) is 13.2. The molecule has 0 aliphatic carbocycles. The van der Waals surface area contributed by atoms with Crippen LogP contribution >= 0.6 is 11.1 Å². The summed E-state index contributed by atoms with van der Waals surface area (Å²) in [6.45, 7) is 2.07. The summed E-state index contributed by atoms with van der Waals surface area (Å²) in [6, 6.07) is 24.7. The van der Waals surface area contributed by atoms with Crippen LogP contribution in [0.25, 0.3) is 10.8 Å². The summed E-state index contributed by atoms with van der Waals surface area (Å²) in [5.41, 5.74) is 0. The second-order valence-electron chi connectivity index (χ2n) is 3.65. The van der Waals surface area contributed by atoms with Crippen LogP contribution in [-0.2, 0) is 23.3 Å². The van der Waals surface area contributed by atoms with Gasteiger partial charge in [0.05, 0.1) is 0 Å². The fraction of sp³-hybridized carbons (Fsp3) is 0.0667. The van der Waals surface area contributed by atoms with Gasteiger partial charge in [-0.3, -0.25) is 0 Å². The number of halogens is 3. The molecule has 0 saturated carbocycles. The van der Waals surface area contributed by atoms with Crippen molar-refractivity contribution in [1.82, 2.24) is 0 Å². The molecule has 0 bridgehead atoms. The Morgan fingerprint density at radius 1 is 0.950 bits per heavy atom. The fourth-order valence-corrected chi connectivity index (χ4v) is 1.39. The first kappa shape index (κ1) is 22.4. The van der Waals surface area contributed by atoms with Gasteiger partial charge in [0.1, 0.15) is 0 Å². The smallest absolute Gasteiger partial charge is 0.0809 e. The van der Waals surface area contributed by atoms with Crippen LogP contribution in [-0.4, -0.2) is 4.74 Å². The van der Waals surface area contributed by atoms with Crippen molar-refractivity contribution in [3.63, 3.8) is 0 Å². The summed E-state index contributed by atoms with van der Waals surface area (Å²) in [7, 11) is 0. The molecule has 0 aliphatic heterocycles. The van der Waals surface area contributed by atoms with E-state index in [0.717, 1.165) is 0 Å². The summed E-state index contributed by atoms with van der Waals surface area (Å²) in [5.74, 6) is 0. The monoisotopic (exact) mass is 418 g/mol. The maximum Gasteiger partial charge on any atom is -0.0809 e. The van der Waals surface area contributed by atoms with Gasteiger partial charge in [0.15, 0.2) is 0 Å². The quantitative estimate of drug-likeness (QED) is 0.245. The zero-order valence-electron chi connectivity index (χ0n) is 11.1. The van der Waals surface area contributed by atoms with Crippen molar-refractivity contribution in [1.29, 1.82) is 0 Å². The average molecular weight is 421 g/mol. The third-order valence-corrected chi connectivity index (χ3v) is 2.10. The van der Waals surface area contributed by atoms with E-state index in [-0.39, 0.29) is 29.6 Å². The van der Waals surface area contributed by atoms with Crippen LogP contribution in [0, 0.1) is 0 Å². The van der Waals surface area contributed by atoms with Crippen molar-refractivity contribution in [2.24, 2.45) is 0 Å². The number of rotatable bonds is 0. The molecule has 0 saturated heterocycles. The first-order valence-corrected chi connectivity index (χ1v) is 12.4. The minimum Gasteiger partial charge on any atom is -1.00 e. The number of fused-ring (bicyclic) bond motifs is 1. The van der Waals surface area contributed by atoms with Crippen LogP contribution in [0.5, 0.6) is 0 Å². The second kappa shape index (κ2) is 14.1. The van der Waals surface area contributed by atoms with E-state index in [1.807, 2.05) is 30.3 Å². The normalized spacial score (nSPS) is 8.00. The average Bonchev–Trinajstić information content (AvgIpc) is 3.03. The molecule has 3 rings (SSSR count). The van der Waals surface area contributed by atoms with Gasteiger partial charge in [-0.1, -0.05) is 6.07 Å². The Bertz CT molecular complexity index is 510. The Kier molecular flexibility index (Phi) is 15.8. The molecule has 0 amide bonds. The minimum absolute atomic E-state index is 0. The molecule has 0 spiro atoms. The number of hydrogen-bond donors (Lipinski definition) is 0. The van der Waals surface area contributed by atoms with Crippen LogP contribution in [0.3, 0.4) is 0 Å². The van der Waals surface area contributed by atoms with Crippen LogP contribution < -0.4 is 24.8 Å². The third-order valence-electron chi connectivity index (χ3n) is 2.10. The molecular weight excluding hydrogens is 406 g/mol. The van der Waals surface area contributed by atoms with Crippen molar-refractivity contribution in [2.75, 3.05) is 0 Å². The maximum atomic E-state index is 5.42. The molecule has 0 atom stereocenters. The Hall–Kier alpha value is 0.150. The zero-order valence-corrected chi connectivity index (χ0v) is 16.8. The van der Waals surface area contributed by atoms with E-state index in [0.29, 0.717) is 0 Å². The summed E-state index contributed by atoms with van der Waals surface area (Å²) < 4.78 is -0.317. The predicted molar refractivity (Wildman–Crippen MR) is 79.0 cm³/mol. The molecular formula is C15H15Cl3SiZr-2. The largest absolute Gasteiger partial charge is 1.00 e. The van der Waals surface area contributed by atoms with Gasteiger partial charge in [-0.05, 0) is 0 Å². The van der Waals surface area contributed by atoms with E-state index in [1.54, 1.807) is 0 Å². The Morgan fingerprint density at radius 3 is 1.95 bits per heavy atom. The van der Waals surface area contributed by atoms with E-state index >= 15 is 0 Å². The number of benzene rings is 1. The van der Waals surface area contributed by atoms with Gasteiger partial charge in [0.25, 0.3) is 0 Å². The van der Waals surface area contributed by atoms with Gasteiger partial charge in [-0.2, -0.15) is 35.7 Å². The SMILES string of the molecule is C[Si](Cl)=[Zr+2].[Cl-].[Cl-].c1cc[cH-]c1.c1ccc2[cH-]ccc2c1. The van der Waals surface area contributed by atoms with Crippen LogP contribution in [0.15, 0.2) is 72.8 Å². The van der Waals surface area contributed by atoms with E-state index in [4.69, 9.17) is 11.1 Å². The van der Waals surface area contributed by atoms with Crippen molar-refractivity contribution >= 4 is 26.6 Å². The molecule has 0 fully saturated rings. The third kappa shape index (κ3) is 10.9. The van der Waals surface area contributed by atoms with Gasteiger partial charge >= 0.3 is 45.7 Å². The summed E-state index contributed by atoms with van der Waals surface area (Å²) in [4.78, 5) is 0. The Labute approximate surface area is 153 Å².